The summed E-state index contributed by atoms with van der Waals surface area (Å²) in [6.07, 6.45) is 0. The molecule has 2 aromatic rings. The van der Waals surface area contributed by atoms with Crippen molar-refractivity contribution in [2.24, 2.45) is 5.92 Å². The molecule has 2 heterocycles. The molecule has 2 aromatic carbocycles. The van der Waals surface area contributed by atoms with Gasteiger partial charge in [0.25, 0.3) is 5.91 Å². The van der Waals surface area contributed by atoms with Crippen LogP contribution >= 0.6 is 0 Å². The molecule has 0 aromatic heterocycles. The molecule has 2 fully saturated rings. The maximum Gasteiger partial charge on any atom is 0.253 e. The molecule has 0 bridgehead atoms. The summed E-state index contributed by atoms with van der Waals surface area (Å²) in [5.74, 6) is 0.410. The van der Waals surface area contributed by atoms with Gasteiger partial charge in [0, 0.05) is 37.7 Å². The molecule has 6 nitrogen and oxygen atoms in total. The molecule has 0 radical (unpaired) electrons. The van der Waals surface area contributed by atoms with Gasteiger partial charge in [0.15, 0.2) is 0 Å². The summed E-state index contributed by atoms with van der Waals surface area (Å²) in [5, 5.41) is 0. The standard InChI is InChI=1S/C23H26N2O4/c1-28-21-10-6-5-9-18(21)19-15-25(22(26)17-7-3-2-4-8-17)16-20(19)23(27)24-11-13-29-14-12-24/h2-10,19-20H,11-16H2,1H3/t19-,20+/m1/s1. The summed E-state index contributed by atoms with van der Waals surface area (Å²) < 4.78 is 11.0. The quantitative estimate of drug-likeness (QED) is 0.799. The number of nitrogens with zero attached hydrogens (tertiary/aromatic N) is 2. The van der Waals surface area contributed by atoms with Crippen molar-refractivity contribution in [2.75, 3.05) is 46.5 Å². The lowest BCUT2D eigenvalue weighted by atomic mass is 9.87. The van der Waals surface area contributed by atoms with Crippen molar-refractivity contribution in [3.63, 3.8) is 0 Å². The van der Waals surface area contributed by atoms with Crippen molar-refractivity contribution in [1.29, 1.82) is 0 Å². The molecule has 2 atom stereocenters. The van der Waals surface area contributed by atoms with Crippen molar-refractivity contribution in [3.05, 3.63) is 65.7 Å². The van der Waals surface area contributed by atoms with Gasteiger partial charge >= 0.3 is 0 Å². The van der Waals surface area contributed by atoms with Gasteiger partial charge in [-0.2, -0.15) is 0 Å². The van der Waals surface area contributed by atoms with Crippen LogP contribution in [0, 0.1) is 5.92 Å². The second-order valence-corrected chi connectivity index (χ2v) is 7.47. The molecule has 0 aliphatic carbocycles. The maximum absolute atomic E-state index is 13.4. The third-order valence-electron chi connectivity index (χ3n) is 5.81. The van der Waals surface area contributed by atoms with Gasteiger partial charge in [0.1, 0.15) is 5.75 Å². The molecule has 2 saturated heterocycles. The van der Waals surface area contributed by atoms with Crippen LogP contribution in [0.15, 0.2) is 54.6 Å². The minimum absolute atomic E-state index is 0.0391. The fourth-order valence-electron chi connectivity index (χ4n) is 4.29. The van der Waals surface area contributed by atoms with Crippen LogP contribution in [0.3, 0.4) is 0 Å². The molecule has 0 saturated carbocycles. The van der Waals surface area contributed by atoms with Gasteiger partial charge < -0.3 is 19.3 Å². The van der Waals surface area contributed by atoms with E-state index in [0.717, 1.165) is 11.3 Å². The number of amides is 2. The van der Waals surface area contributed by atoms with E-state index in [1.165, 1.54) is 0 Å². The van der Waals surface area contributed by atoms with Crippen LogP contribution in [-0.4, -0.2) is 68.1 Å². The topological polar surface area (TPSA) is 59.1 Å². The molecule has 152 valence electrons. The number of likely N-dealkylation sites (tertiary alicyclic amines) is 1. The molecule has 0 N–H and O–H groups in total. The van der Waals surface area contributed by atoms with Crippen LogP contribution in [-0.2, 0) is 9.53 Å². The largest absolute Gasteiger partial charge is 0.496 e. The zero-order valence-corrected chi connectivity index (χ0v) is 16.6. The van der Waals surface area contributed by atoms with Gasteiger partial charge in [0.05, 0.1) is 26.2 Å². The molecule has 4 rings (SSSR count). The third kappa shape index (κ3) is 3.98. The van der Waals surface area contributed by atoms with E-state index in [-0.39, 0.29) is 23.7 Å². The van der Waals surface area contributed by atoms with Crippen LogP contribution in [0.25, 0.3) is 0 Å². The number of carbonyl (C=O) groups excluding carboxylic acids is 2. The minimum atomic E-state index is -0.294. The Morgan fingerprint density at radius 1 is 0.931 bits per heavy atom. The van der Waals surface area contributed by atoms with E-state index in [9.17, 15) is 9.59 Å². The summed E-state index contributed by atoms with van der Waals surface area (Å²) in [5.41, 5.74) is 1.62. The highest BCUT2D eigenvalue weighted by molar-refractivity contribution is 5.95. The van der Waals surface area contributed by atoms with Gasteiger partial charge in [-0.3, -0.25) is 9.59 Å². The lowest BCUT2D eigenvalue weighted by Gasteiger charge is -2.31. The minimum Gasteiger partial charge on any atom is -0.496 e. The van der Waals surface area contributed by atoms with Crippen molar-refractivity contribution in [1.82, 2.24) is 9.80 Å². The van der Waals surface area contributed by atoms with Crippen molar-refractivity contribution < 1.29 is 19.1 Å². The van der Waals surface area contributed by atoms with Gasteiger partial charge in [-0.25, -0.2) is 0 Å². The molecule has 0 unspecified atom stereocenters. The van der Waals surface area contributed by atoms with E-state index in [0.29, 0.717) is 45.0 Å². The Hall–Kier alpha value is -2.86. The molecule has 6 heteroatoms. The third-order valence-corrected chi connectivity index (χ3v) is 5.81. The number of methoxy groups -OCH3 is 1. The van der Waals surface area contributed by atoms with Gasteiger partial charge in [-0.15, -0.1) is 0 Å². The van der Waals surface area contributed by atoms with Gasteiger partial charge in [0.2, 0.25) is 5.91 Å². The van der Waals surface area contributed by atoms with Gasteiger partial charge in [-0.05, 0) is 23.8 Å². The molecular formula is C23H26N2O4. The first-order valence-electron chi connectivity index (χ1n) is 10.0. The number of benzene rings is 2. The Bertz CT molecular complexity index is 864. The first-order chi connectivity index (χ1) is 14.2. The van der Waals surface area contributed by atoms with Crippen molar-refractivity contribution in [3.8, 4) is 5.75 Å². The van der Waals surface area contributed by atoms with E-state index in [4.69, 9.17) is 9.47 Å². The summed E-state index contributed by atoms with van der Waals surface area (Å²) in [4.78, 5) is 30.1. The summed E-state index contributed by atoms with van der Waals surface area (Å²) in [6.45, 7) is 3.22. The number of carbonyl (C=O) groups is 2. The normalized spacial score (nSPS) is 21.8. The highest BCUT2D eigenvalue weighted by Crippen LogP contribution is 2.39. The average molecular weight is 394 g/mol. The van der Waals surface area contributed by atoms with Crippen LogP contribution in [0.4, 0.5) is 0 Å². The van der Waals surface area contributed by atoms with E-state index >= 15 is 0 Å². The number of hydrogen-bond acceptors (Lipinski definition) is 4. The molecule has 2 amide bonds. The highest BCUT2D eigenvalue weighted by Gasteiger charge is 2.43. The van der Waals surface area contributed by atoms with Crippen molar-refractivity contribution in [2.45, 2.75) is 5.92 Å². The zero-order valence-electron chi connectivity index (χ0n) is 16.6. The SMILES string of the molecule is COc1ccccc1[C@H]1CN(C(=O)c2ccccc2)C[C@@H]1C(=O)N1CCOCC1. The Morgan fingerprint density at radius 3 is 2.34 bits per heavy atom. The molecule has 2 aliphatic rings. The Balaban J connectivity index is 1.64. The second kappa shape index (κ2) is 8.66. The molecule has 29 heavy (non-hydrogen) atoms. The van der Waals surface area contributed by atoms with Crippen LogP contribution in [0.2, 0.25) is 0 Å². The molecule has 2 aliphatic heterocycles. The monoisotopic (exact) mass is 394 g/mol. The van der Waals surface area contributed by atoms with Crippen LogP contribution < -0.4 is 4.74 Å². The fourth-order valence-corrected chi connectivity index (χ4v) is 4.29. The Labute approximate surface area is 171 Å². The van der Waals surface area contributed by atoms with E-state index in [2.05, 4.69) is 0 Å². The lowest BCUT2D eigenvalue weighted by Crippen LogP contribution is -2.45. The first kappa shape index (κ1) is 19.5. The van der Waals surface area contributed by atoms with Crippen LogP contribution in [0.1, 0.15) is 21.8 Å². The summed E-state index contributed by atoms with van der Waals surface area (Å²) in [6, 6.07) is 17.0. The zero-order chi connectivity index (χ0) is 20.2. The number of rotatable bonds is 4. The lowest BCUT2D eigenvalue weighted by molar-refractivity contribution is -0.139. The van der Waals surface area contributed by atoms with E-state index in [1.54, 1.807) is 12.0 Å². The number of ether oxygens (including phenoxy) is 2. The number of hydrogen-bond donors (Lipinski definition) is 0. The summed E-state index contributed by atoms with van der Waals surface area (Å²) in [7, 11) is 1.64. The first-order valence-corrected chi connectivity index (χ1v) is 10.0. The molecule has 0 spiro atoms. The Kier molecular flexibility index (Phi) is 5.81. The predicted octanol–water partition coefficient (Wildman–Crippen LogP) is 2.41. The number of para-hydroxylation sites is 1. The predicted molar refractivity (Wildman–Crippen MR) is 109 cm³/mol. The average Bonchev–Trinajstić information content (AvgIpc) is 3.24. The fraction of sp³-hybridized carbons (Fsp3) is 0.391. The smallest absolute Gasteiger partial charge is 0.253 e. The van der Waals surface area contributed by atoms with Gasteiger partial charge in [-0.1, -0.05) is 36.4 Å². The van der Waals surface area contributed by atoms with E-state index < -0.39 is 0 Å². The summed E-state index contributed by atoms with van der Waals surface area (Å²) >= 11 is 0. The van der Waals surface area contributed by atoms with Crippen molar-refractivity contribution >= 4 is 11.8 Å². The Morgan fingerprint density at radius 2 is 1.62 bits per heavy atom. The molecular weight excluding hydrogens is 368 g/mol. The second-order valence-electron chi connectivity index (χ2n) is 7.47. The highest BCUT2D eigenvalue weighted by atomic mass is 16.5. The van der Waals surface area contributed by atoms with Crippen LogP contribution in [0.5, 0.6) is 5.75 Å². The number of morpholine rings is 1. The van der Waals surface area contributed by atoms with E-state index in [1.807, 2.05) is 59.5 Å². The maximum atomic E-state index is 13.4.